The molecule has 4 rings (SSSR count). The molecule has 0 unspecified atom stereocenters. The fourth-order valence-corrected chi connectivity index (χ4v) is 4.54. The molecule has 14 heteroatoms. The summed E-state index contributed by atoms with van der Waals surface area (Å²) in [6.07, 6.45) is -4.05. The first kappa shape index (κ1) is 27.7. The monoisotopic (exact) mass is 558 g/mol. The van der Waals surface area contributed by atoms with E-state index in [9.17, 15) is 26.7 Å². The number of pyridine rings is 1. The minimum absolute atomic E-state index is 0.0298. The first-order chi connectivity index (χ1) is 18.0. The summed E-state index contributed by atoms with van der Waals surface area (Å²) < 4.78 is 68.6. The SMILES string of the molecule is CN(c1ccc(Cl)cc1N(C=O)Cc1ccc(-c2nnc(C(F)F)o2)cn1)C1CCN(CC(F)(F)F)CC1. The average Bonchev–Trinajstić information content (AvgIpc) is 3.38. The van der Waals surface area contributed by atoms with Gasteiger partial charge in [0.25, 0.3) is 5.89 Å². The van der Waals surface area contributed by atoms with Gasteiger partial charge in [0.15, 0.2) is 0 Å². The second-order valence-corrected chi connectivity index (χ2v) is 9.32. The number of piperidine rings is 1. The van der Waals surface area contributed by atoms with Gasteiger partial charge in [0.2, 0.25) is 12.3 Å². The average molecular weight is 559 g/mol. The van der Waals surface area contributed by atoms with Gasteiger partial charge in [-0.15, -0.1) is 10.2 Å². The molecule has 0 saturated carbocycles. The predicted octanol–water partition coefficient (Wildman–Crippen LogP) is 5.35. The molecule has 1 saturated heterocycles. The number of hydrogen-bond donors (Lipinski definition) is 0. The van der Waals surface area contributed by atoms with Crippen molar-refractivity contribution in [1.29, 1.82) is 0 Å². The number of halogens is 6. The van der Waals surface area contributed by atoms with Crippen molar-refractivity contribution in [2.75, 3.05) is 36.5 Å². The van der Waals surface area contributed by atoms with E-state index in [1.807, 2.05) is 11.9 Å². The van der Waals surface area contributed by atoms with E-state index in [4.69, 9.17) is 16.0 Å². The summed E-state index contributed by atoms with van der Waals surface area (Å²) in [5.74, 6) is -0.897. The number of likely N-dealkylation sites (tertiary alicyclic amines) is 1. The molecule has 1 aromatic carbocycles. The van der Waals surface area contributed by atoms with E-state index >= 15 is 0 Å². The minimum atomic E-state index is -4.24. The summed E-state index contributed by atoms with van der Waals surface area (Å²) in [6.45, 7) is -0.241. The van der Waals surface area contributed by atoms with Crippen molar-refractivity contribution in [3.05, 3.63) is 53.1 Å². The summed E-state index contributed by atoms with van der Waals surface area (Å²) in [4.78, 5) is 21.2. The van der Waals surface area contributed by atoms with Gasteiger partial charge < -0.3 is 14.2 Å². The molecule has 38 heavy (non-hydrogen) atoms. The lowest BCUT2D eigenvalue weighted by Gasteiger charge is -2.39. The summed E-state index contributed by atoms with van der Waals surface area (Å²) in [5.41, 5.74) is 2.03. The van der Waals surface area contributed by atoms with Crippen molar-refractivity contribution in [1.82, 2.24) is 20.1 Å². The molecule has 0 radical (unpaired) electrons. The van der Waals surface area contributed by atoms with Crippen LogP contribution in [0.5, 0.6) is 0 Å². The molecule has 3 aromatic rings. The van der Waals surface area contributed by atoms with Crippen LogP contribution in [0, 0.1) is 0 Å². The van der Waals surface area contributed by atoms with Crippen LogP contribution in [0.4, 0.5) is 33.3 Å². The van der Waals surface area contributed by atoms with Crippen molar-refractivity contribution in [3.63, 3.8) is 0 Å². The Bertz CT molecular complexity index is 1230. The largest absolute Gasteiger partial charge is 0.415 e. The van der Waals surface area contributed by atoms with E-state index in [0.717, 1.165) is 0 Å². The van der Waals surface area contributed by atoms with Gasteiger partial charge in [-0.1, -0.05) is 11.6 Å². The van der Waals surface area contributed by atoms with Gasteiger partial charge in [0.1, 0.15) is 0 Å². The molecule has 0 aliphatic carbocycles. The highest BCUT2D eigenvalue weighted by atomic mass is 35.5. The van der Waals surface area contributed by atoms with Gasteiger partial charge in [0, 0.05) is 37.4 Å². The normalized spacial score (nSPS) is 15.2. The number of carbonyl (C=O) groups is 1. The van der Waals surface area contributed by atoms with Gasteiger partial charge >= 0.3 is 12.6 Å². The molecule has 1 aliphatic rings. The zero-order valence-electron chi connectivity index (χ0n) is 20.2. The number of anilines is 2. The van der Waals surface area contributed by atoms with Crippen LogP contribution in [0.15, 0.2) is 40.9 Å². The van der Waals surface area contributed by atoms with Crippen molar-refractivity contribution in [2.24, 2.45) is 0 Å². The minimum Gasteiger partial charge on any atom is -0.415 e. The number of aromatic nitrogens is 3. The molecule has 1 aliphatic heterocycles. The van der Waals surface area contributed by atoms with Crippen LogP contribution >= 0.6 is 11.6 Å². The fourth-order valence-electron chi connectivity index (χ4n) is 4.38. The molecule has 0 bridgehead atoms. The number of amides is 1. The third-order valence-corrected chi connectivity index (χ3v) is 6.53. The highest BCUT2D eigenvalue weighted by molar-refractivity contribution is 6.31. The van der Waals surface area contributed by atoms with Crippen LogP contribution in [0.2, 0.25) is 5.02 Å². The van der Waals surface area contributed by atoms with Gasteiger partial charge in [0.05, 0.1) is 35.7 Å². The quantitative estimate of drug-likeness (QED) is 0.259. The van der Waals surface area contributed by atoms with Crippen LogP contribution < -0.4 is 9.80 Å². The third kappa shape index (κ3) is 6.76. The molecule has 0 spiro atoms. The van der Waals surface area contributed by atoms with E-state index in [1.165, 1.54) is 16.0 Å². The summed E-state index contributed by atoms with van der Waals surface area (Å²) >= 11 is 6.24. The van der Waals surface area contributed by atoms with Gasteiger partial charge in [-0.2, -0.15) is 22.0 Å². The molecular formula is C24H24ClF5N6O2. The van der Waals surface area contributed by atoms with E-state index in [0.29, 0.717) is 60.0 Å². The highest BCUT2D eigenvalue weighted by Crippen LogP contribution is 2.35. The molecular weight excluding hydrogens is 535 g/mol. The molecule has 204 valence electrons. The molecule has 2 aromatic heterocycles. The lowest BCUT2D eigenvalue weighted by Crippen LogP contribution is -2.46. The molecule has 1 fully saturated rings. The maximum Gasteiger partial charge on any atom is 0.401 e. The van der Waals surface area contributed by atoms with Crippen molar-refractivity contribution in [2.45, 2.75) is 38.0 Å². The first-order valence-electron chi connectivity index (χ1n) is 11.6. The number of carbonyl (C=O) groups excluding carboxylic acids is 1. The first-order valence-corrected chi connectivity index (χ1v) is 12.0. The number of hydrogen-bond acceptors (Lipinski definition) is 7. The molecule has 0 N–H and O–H groups in total. The molecule has 3 heterocycles. The lowest BCUT2D eigenvalue weighted by molar-refractivity contribution is -0.147. The van der Waals surface area contributed by atoms with Crippen molar-refractivity contribution >= 4 is 29.4 Å². The Morgan fingerprint density at radius 1 is 1.16 bits per heavy atom. The Kier molecular flexibility index (Phi) is 8.46. The fraction of sp³-hybridized carbons (Fsp3) is 0.417. The number of rotatable bonds is 9. The van der Waals surface area contributed by atoms with Gasteiger partial charge in [-0.05, 0) is 43.2 Å². The van der Waals surface area contributed by atoms with E-state index in [-0.39, 0.29) is 18.5 Å². The maximum atomic E-state index is 12.8. The molecule has 8 nitrogen and oxygen atoms in total. The zero-order chi connectivity index (χ0) is 27.4. The van der Waals surface area contributed by atoms with Crippen LogP contribution in [-0.4, -0.2) is 65.4 Å². The standard InChI is InChI=1S/C24H24ClF5N6O2/c1-34(18-6-8-35(9-7-18)13-24(28,29)30)19-5-3-16(25)10-20(19)36(14-37)12-17-4-2-15(11-31-17)22-32-33-23(38-22)21(26)27/h2-5,10-11,14,18,21H,6-9,12-13H2,1H3. The topological polar surface area (TPSA) is 78.6 Å². The third-order valence-electron chi connectivity index (χ3n) is 6.29. The Morgan fingerprint density at radius 3 is 2.47 bits per heavy atom. The van der Waals surface area contributed by atoms with Crippen LogP contribution in [-0.2, 0) is 11.3 Å². The Hall–Kier alpha value is -3.32. The van der Waals surface area contributed by atoms with E-state index < -0.39 is 25.0 Å². The second kappa shape index (κ2) is 11.6. The van der Waals surface area contributed by atoms with Crippen LogP contribution in [0.1, 0.15) is 30.9 Å². The number of benzene rings is 1. The highest BCUT2D eigenvalue weighted by Gasteiger charge is 2.33. The second-order valence-electron chi connectivity index (χ2n) is 8.88. The smallest absolute Gasteiger partial charge is 0.401 e. The van der Waals surface area contributed by atoms with Crippen molar-refractivity contribution in [3.8, 4) is 11.5 Å². The lowest BCUT2D eigenvalue weighted by atomic mass is 10.0. The number of nitrogens with zero attached hydrogens (tertiary/aromatic N) is 6. The molecule has 1 amide bonds. The Labute approximate surface area is 220 Å². The summed E-state index contributed by atoms with van der Waals surface area (Å²) in [5, 5.41) is 7.28. The van der Waals surface area contributed by atoms with Crippen molar-refractivity contribution < 1.29 is 31.2 Å². The Balaban J connectivity index is 1.48. The van der Waals surface area contributed by atoms with Gasteiger partial charge in [-0.3, -0.25) is 14.7 Å². The van der Waals surface area contributed by atoms with Crippen LogP contribution in [0.25, 0.3) is 11.5 Å². The van der Waals surface area contributed by atoms with Crippen LogP contribution in [0.3, 0.4) is 0 Å². The summed E-state index contributed by atoms with van der Waals surface area (Å²) in [6, 6.07) is 8.22. The zero-order valence-corrected chi connectivity index (χ0v) is 21.0. The number of alkyl halides is 5. The van der Waals surface area contributed by atoms with E-state index in [2.05, 4.69) is 15.2 Å². The summed E-state index contributed by atoms with van der Waals surface area (Å²) in [7, 11) is 1.84. The van der Waals surface area contributed by atoms with Gasteiger partial charge in [-0.25, -0.2) is 0 Å². The predicted molar refractivity (Wildman–Crippen MR) is 130 cm³/mol. The molecule has 0 atom stereocenters. The maximum absolute atomic E-state index is 12.8. The van der Waals surface area contributed by atoms with E-state index in [1.54, 1.807) is 30.3 Å². The Morgan fingerprint density at radius 2 is 1.89 bits per heavy atom.